The number of nitrogens with two attached hydrogens (primary N) is 1. The largest absolute Gasteiger partial charge is 0.437 e. The fraction of sp³-hybridized carbons (Fsp3) is 0.107. The van der Waals surface area contributed by atoms with E-state index >= 15 is 0 Å². The molecule has 3 N–H and O–H groups in total. The third-order valence-electron chi connectivity index (χ3n) is 5.88. The summed E-state index contributed by atoms with van der Waals surface area (Å²) in [5.41, 5.74) is 12.2. The van der Waals surface area contributed by atoms with Crippen LogP contribution >= 0.6 is 0 Å². The maximum atomic E-state index is 12.0. The van der Waals surface area contributed by atoms with Crippen molar-refractivity contribution >= 4 is 28.4 Å². The first kappa shape index (κ1) is 23.7. The van der Waals surface area contributed by atoms with Crippen LogP contribution in [0, 0.1) is 6.92 Å². The van der Waals surface area contributed by atoms with E-state index in [0.29, 0.717) is 45.4 Å². The Morgan fingerprint density at radius 2 is 1.84 bits per heavy atom. The zero-order valence-corrected chi connectivity index (χ0v) is 20.7. The Kier molecular flexibility index (Phi) is 6.10. The van der Waals surface area contributed by atoms with Gasteiger partial charge in [-0.1, -0.05) is 24.8 Å². The molecular weight excluding hydrogens is 466 g/mol. The zero-order chi connectivity index (χ0) is 26.1. The van der Waals surface area contributed by atoms with Crippen LogP contribution in [-0.2, 0) is 11.8 Å². The molecule has 0 saturated carbocycles. The fourth-order valence-electron chi connectivity index (χ4n) is 4.10. The average Bonchev–Trinajstić information content (AvgIpc) is 3.18. The van der Waals surface area contributed by atoms with Crippen molar-refractivity contribution in [2.24, 2.45) is 7.05 Å². The van der Waals surface area contributed by atoms with Crippen molar-refractivity contribution in [3.8, 4) is 34.1 Å². The van der Waals surface area contributed by atoms with Gasteiger partial charge in [0, 0.05) is 35.6 Å². The molecule has 0 radical (unpaired) electrons. The molecule has 0 aliphatic carbocycles. The molecule has 0 fully saturated rings. The number of amides is 1. The Balaban J connectivity index is 1.58. The van der Waals surface area contributed by atoms with E-state index in [0.717, 1.165) is 22.5 Å². The number of fused-ring (bicyclic) bond motifs is 1. The number of ether oxygens (including phenoxy) is 1. The monoisotopic (exact) mass is 491 g/mol. The summed E-state index contributed by atoms with van der Waals surface area (Å²) in [6.45, 7) is 7.25. The number of carbonyl (C=O) groups excluding carboxylic acids is 1. The number of nitrogens with one attached hydrogen (secondary N) is 1. The molecule has 4 aromatic heterocycles. The quantitative estimate of drug-likeness (QED) is 0.310. The van der Waals surface area contributed by atoms with Crippen LogP contribution in [0.25, 0.3) is 33.5 Å². The van der Waals surface area contributed by atoms with Gasteiger partial charge in [0.05, 0.1) is 23.0 Å². The van der Waals surface area contributed by atoms with E-state index < -0.39 is 0 Å². The van der Waals surface area contributed by atoms with Gasteiger partial charge in [0.1, 0.15) is 23.5 Å². The van der Waals surface area contributed by atoms with Crippen LogP contribution < -0.4 is 15.8 Å². The van der Waals surface area contributed by atoms with E-state index in [-0.39, 0.29) is 5.91 Å². The number of aromatic nitrogens is 5. The number of benzene rings is 1. The normalized spacial score (nSPS) is 10.9. The lowest BCUT2D eigenvalue weighted by atomic mass is 10.0. The van der Waals surface area contributed by atoms with Crippen LogP contribution in [0.1, 0.15) is 12.6 Å². The summed E-state index contributed by atoms with van der Waals surface area (Å²) < 4.78 is 7.84. The lowest BCUT2D eigenvalue weighted by molar-refractivity contribution is -0.112. The van der Waals surface area contributed by atoms with E-state index in [1.54, 1.807) is 19.2 Å². The summed E-state index contributed by atoms with van der Waals surface area (Å²) in [6, 6.07) is 16.8. The van der Waals surface area contributed by atoms with E-state index in [2.05, 4.69) is 26.8 Å². The van der Waals surface area contributed by atoms with E-state index in [9.17, 15) is 4.79 Å². The van der Waals surface area contributed by atoms with Crippen molar-refractivity contribution in [3.63, 3.8) is 0 Å². The van der Waals surface area contributed by atoms with Gasteiger partial charge in [-0.2, -0.15) is 0 Å². The SMILES string of the molecule is C=C(C)C(=O)Nc1ccc(-c2c(-c3ccc(Oc4cccc(C)n4)cn3)c3c(N)ncnc3n2C)cc1. The molecule has 184 valence electrons. The van der Waals surface area contributed by atoms with Crippen molar-refractivity contribution in [3.05, 3.63) is 85.0 Å². The Labute approximate surface area is 213 Å². The highest BCUT2D eigenvalue weighted by molar-refractivity contribution is 6.07. The lowest BCUT2D eigenvalue weighted by Crippen LogP contribution is -2.11. The van der Waals surface area contributed by atoms with Crippen LogP contribution in [0.15, 0.2) is 79.3 Å². The molecule has 0 aliphatic rings. The molecule has 0 saturated heterocycles. The molecule has 4 heterocycles. The lowest BCUT2D eigenvalue weighted by Gasteiger charge is -2.11. The first-order valence-electron chi connectivity index (χ1n) is 11.6. The Morgan fingerprint density at radius 1 is 1.05 bits per heavy atom. The molecule has 9 nitrogen and oxygen atoms in total. The first-order valence-corrected chi connectivity index (χ1v) is 11.6. The predicted molar refractivity (Wildman–Crippen MR) is 144 cm³/mol. The number of pyridine rings is 2. The fourth-order valence-corrected chi connectivity index (χ4v) is 4.10. The van der Waals surface area contributed by atoms with Crippen molar-refractivity contribution in [1.82, 2.24) is 24.5 Å². The molecule has 0 spiro atoms. The van der Waals surface area contributed by atoms with Gasteiger partial charge in [-0.25, -0.2) is 15.0 Å². The number of anilines is 2. The summed E-state index contributed by atoms with van der Waals surface area (Å²) in [5.74, 6) is 1.19. The van der Waals surface area contributed by atoms with Crippen LogP contribution in [0.5, 0.6) is 11.6 Å². The Morgan fingerprint density at radius 3 is 2.51 bits per heavy atom. The average molecular weight is 492 g/mol. The Bertz CT molecular complexity index is 1640. The van der Waals surface area contributed by atoms with Gasteiger partial charge in [0.25, 0.3) is 5.91 Å². The molecule has 1 amide bonds. The van der Waals surface area contributed by atoms with Crippen LogP contribution in [0.4, 0.5) is 11.5 Å². The smallest absolute Gasteiger partial charge is 0.250 e. The van der Waals surface area contributed by atoms with Crippen molar-refractivity contribution < 1.29 is 9.53 Å². The van der Waals surface area contributed by atoms with Gasteiger partial charge in [0.2, 0.25) is 5.88 Å². The van der Waals surface area contributed by atoms with E-state index in [1.807, 2.05) is 67.1 Å². The molecule has 9 heteroatoms. The predicted octanol–water partition coefficient (Wildman–Crippen LogP) is 5.29. The highest BCUT2D eigenvalue weighted by Gasteiger charge is 2.22. The second-order valence-corrected chi connectivity index (χ2v) is 8.65. The maximum Gasteiger partial charge on any atom is 0.250 e. The van der Waals surface area contributed by atoms with E-state index in [4.69, 9.17) is 15.5 Å². The highest BCUT2D eigenvalue weighted by atomic mass is 16.5. The van der Waals surface area contributed by atoms with E-state index in [1.165, 1.54) is 6.33 Å². The third kappa shape index (κ3) is 4.62. The van der Waals surface area contributed by atoms with Gasteiger partial charge in [-0.15, -0.1) is 0 Å². The summed E-state index contributed by atoms with van der Waals surface area (Å²) in [6.07, 6.45) is 3.10. The summed E-state index contributed by atoms with van der Waals surface area (Å²) in [4.78, 5) is 29.8. The number of carbonyl (C=O) groups is 1. The molecule has 0 atom stereocenters. The molecule has 37 heavy (non-hydrogen) atoms. The first-order chi connectivity index (χ1) is 17.8. The van der Waals surface area contributed by atoms with Crippen molar-refractivity contribution in [2.75, 3.05) is 11.1 Å². The third-order valence-corrected chi connectivity index (χ3v) is 5.88. The second-order valence-electron chi connectivity index (χ2n) is 8.65. The number of nitrogens with zero attached hydrogens (tertiary/aromatic N) is 5. The number of aryl methyl sites for hydroxylation is 2. The second kappa shape index (κ2) is 9.54. The number of hydrogen-bond acceptors (Lipinski definition) is 7. The molecule has 0 unspecified atom stereocenters. The van der Waals surface area contributed by atoms with Crippen molar-refractivity contribution in [1.29, 1.82) is 0 Å². The molecular formula is C28H25N7O2. The number of nitrogen functional groups attached to an aromatic ring is 1. The van der Waals surface area contributed by atoms with Gasteiger partial charge in [0.15, 0.2) is 0 Å². The Hall–Kier alpha value is -5.05. The van der Waals surface area contributed by atoms with Gasteiger partial charge in [-0.3, -0.25) is 9.78 Å². The molecule has 0 aliphatic heterocycles. The highest BCUT2D eigenvalue weighted by Crippen LogP contribution is 2.41. The summed E-state index contributed by atoms with van der Waals surface area (Å²) in [5, 5.41) is 3.54. The summed E-state index contributed by atoms with van der Waals surface area (Å²) >= 11 is 0. The van der Waals surface area contributed by atoms with Crippen LogP contribution in [-0.4, -0.2) is 30.4 Å². The minimum Gasteiger partial charge on any atom is -0.437 e. The van der Waals surface area contributed by atoms with Gasteiger partial charge in [-0.05, 0) is 49.7 Å². The summed E-state index contributed by atoms with van der Waals surface area (Å²) in [7, 11) is 1.92. The molecule has 0 bridgehead atoms. The number of hydrogen-bond donors (Lipinski definition) is 2. The number of rotatable bonds is 6. The maximum absolute atomic E-state index is 12.0. The molecule has 5 rings (SSSR count). The van der Waals surface area contributed by atoms with Gasteiger partial charge < -0.3 is 20.4 Å². The minimum atomic E-state index is -0.228. The van der Waals surface area contributed by atoms with Crippen LogP contribution in [0.2, 0.25) is 0 Å². The molecule has 1 aromatic carbocycles. The van der Waals surface area contributed by atoms with Crippen LogP contribution in [0.3, 0.4) is 0 Å². The topological polar surface area (TPSA) is 121 Å². The van der Waals surface area contributed by atoms with Crippen molar-refractivity contribution in [2.45, 2.75) is 13.8 Å². The molecule has 5 aromatic rings. The standard InChI is InChI=1S/C28H25N7O2/c1-16(2)28(36)34-19-10-8-18(9-11-19)25-23(24-26(29)31-15-32-27(24)35(25)4)21-13-12-20(14-30-21)37-22-7-5-6-17(3)33-22/h5-15H,1H2,2-4H3,(H,34,36)(H2,29,31,32). The van der Waals surface area contributed by atoms with Gasteiger partial charge >= 0.3 is 0 Å². The zero-order valence-electron chi connectivity index (χ0n) is 20.7. The minimum absolute atomic E-state index is 0.228.